The van der Waals surface area contributed by atoms with Crippen molar-refractivity contribution in [1.29, 1.82) is 0 Å². The molecule has 15 heavy (non-hydrogen) atoms. The van der Waals surface area contributed by atoms with Crippen molar-refractivity contribution < 1.29 is 4.79 Å². The molecule has 0 aliphatic carbocycles. The zero-order chi connectivity index (χ0) is 11.3. The number of rotatable bonds is 3. The second kappa shape index (κ2) is 5.43. The Morgan fingerprint density at radius 3 is 2.80 bits per heavy atom. The normalized spacial score (nSPS) is 9.40. The largest absolute Gasteiger partial charge is 0.334 e. The van der Waals surface area contributed by atoms with Crippen LogP contribution in [0.4, 0.5) is 0 Å². The van der Waals surface area contributed by atoms with Crippen LogP contribution < -0.4 is 0 Å². The number of amides is 1. The van der Waals surface area contributed by atoms with E-state index in [1.54, 1.807) is 13.1 Å². The number of benzene rings is 1. The lowest BCUT2D eigenvalue weighted by Gasteiger charge is -2.14. The molecule has 1 aromatic rings. The van der Waals surface area contributed by atoms with E-state index in [0.717, 1.165) is 5.56 Å². The Balaban J connectivity index is 2.67. The number of hydrogen-bond acceptors (Lipinski definition) is 1. The van der Waals surface area contributed by atoms with Gasteiger partial charge in [0.1, 0.15) is 0 Å². The third-order valence-electron chi connectivity index (χ3n) is 2.05. The fraction of sp³-hybridized carbons (Fsp3) is 0.250. The number of carbonyl (C=O) groups is 1. The lowest BCUT2D eigenvalue weighted by molar-refractivity contribution is -0.128. The third-order valence-corrected chi connectivity index (χ3v) is 2.42. The summed E-state index contributed by atoms with van der Waals surface area (Å²) in [6, 6.07) is 7.30. The molecule has 78 valence electrons. The van der Waals surface area contributed by atoms with Gasteiger partial charge in [0, 0.05) is 12.1 Å². The van der Waals surface area contributed by atoms with E-state index in [1.807, 2.05) is 18.2 Å². The highest BCUT2D eigenvalue weighted by Crippen LogP contribution is 2.15. The van der Waals surface area contributed by atoms with E-state index in [2.05, 4.69) is 5.92 Å². The predicted octanol–water partition coefficient (Wildman–Crippen LogP) is 1.97. The van der Waals surface area contributed by atoms with Gasteiger partial charge >= 0.3 is 0 Å². The summed E-state index contributed by atoms with van der Waals surface area (Å²) in [5.74, 6) is 2.39. The molecule has 1 rings (SSSR count). The quantitative estimate of drug-likeness (QED) is 0.715. The van der Waals surface area contributed by atoms with Crippen LogP contribution >= 0.6 is 11.6 Å². The highest BCUT2D eigenvalue weighted by atomic mass is 35.5. The molecule has 0 bridgehead atoms. The first-order chi connectivity index (χ1) is 7.15. The number of carbonyl (C=O) groups excluding carboxylic acids is 1. The minimum atomic E-state index is -0.0268. The molecule has 0 atom stereocenters. The van der Waals surface area contributed by atoms with Crippen LogP contribution in [0.3, 0.4) is 0 Å². The van der Waals surface area contributed by atoms with Crippen LogP contribution in [0.25, 0.3) is 0 Å². The maximum Gasteiger partial charge on any atom is 0.227 e. The summed E-state index contributed by atoms with van der Waals surface area (Å²) in [4.78, 5) is 13.1. The molecule has 2 nitrogen and oxygen atoms in total. The van der Waals surface area contributed by atoms with Gasteiger partial charge in [-0.15, -0.1) is 6.42 Å². The Labute approximate surface area is 94.8 Å². The molecule has 1 amide bonds. The van der Waals surface area contributed by atoms with Gasteiger partial charge < -0.3 is 4.90 Å². The summed E-state index contributed by atoms with van der Waals surface area (Å²) in [5, 5.41) is 0.611. The SMILES string of the molecule is C#CCN(C)C(=O)Cc1ccccc1Cl. The predicted molar refractivity (Wildman–Crippen MR) is 61.6 cm³/mol. The number of hydrogen-bond donors (Lipinski definition) is 0. The summed E-state index contributed by atoms with van der Waals surface area (Å²) in [5.41, 5.74) is 0.827. The monoisotopic (exact) mass is 221 g/mol. The minimum absolute atomic E-state index is 0.0268. The van der Waals surface area contributed by atoms with E-state index in [0.29, 0.717) is 11.6 Å². The van der Waals surface area contributed by atoms with Gasteiger partial charge in [-0.1, -0.05) is 35.7 Å². The zero-order valence-electron chi connectivity index (χ0n) is 8.53. The van der Waals surface area contributed by atoms with E-state index >= 15 is 0 Å². The highest BCUT2D eigenvalue weighted by molar-refractivity contribution is 6.31. The van der Waals surface area contributed by atoms with Crippen molar-refractivity contribution in [2.45, 2.75) is 6.42 Å². The number of terminal acetylenes is 1. The van der Waals surface area contributed by atoms with Crippen LogP contribution in [0.1, 0.15) is 5.56 Å². The maximum absolute atomic E-state index is 11.6. The standard InChI is InChI=1S/C12H12ClNO/c1-3-8-14(2)12(15)9-10-6-4-5-7-11(10)13/h1,4-7H,8-9H2,2H3. The fourth-order valence-corrected chi connectivity index (χ4v) is 1.37. The number of likely N-dealkylation sites (N-methyl/N-ethyl adjacent to an activating group) is 1. The van der Waals surface area contributed by atoms with Crippen LogP contribution in [-0.4, -0.2) is 24.4 Å². The Morgan fingerprint density at radius 2 is 2.20 bits per heavy atom. The van der Waals surface area contributed by atoms with Gasteiger partial charge in [-0.25, -0.2) is 0 Å². The van der Waals surface area contributed by atoms with Crippen molar-refractivity contribution in [3.05, 3.63) is 34.9 Å². The summed E-state index contributed by atoms with van der Waals surface area (Å²) in [6.45, 7) is 0.323. The number of nitrogens with zero attached hydrogens (tertiary/aromatic N) is 1. The summed E-state index contributed by atoms with van der Waals surface area (Å²) >= 11 is 5.94. The topological polar surface area (TPSA) is 20.3 Å². The van der Waals surface area contributed by atoms with Crippen molar-refractivity contribution in [2.75, 3.05) is 13.6 Å². The Hall–Kier alpha value is -1.46. The smallest absolute Gasteiger partial charge is 0.227 e. The van der Waals surface area contributed by atoms with Gasteiger partial charge in [0.05, 0.1) is 13.0 Å². The first-order valence-corrected chi connectivity index (χ1v) is 4.93. The Morgan fingerprint density at radius 1 is 1.53 bits per heavy atom. The molecule has 0 radical (unpaired) electrons. The third kappa shape index (κ3) is 3.30. The lowest BCUT2D eigenvalue weighted by atomic mass is 10.1. The molecule has 0 fully saturated rings. The molecule has 0 aliphatic heterocycles. The molecular formula is C12H12ClNO. The van der Waals surface area contributed by atoms with Crippen molar-refractivity contribution >= 4 is 17.5 Å². The average molecular weight is 222 g/mol. The van der Waals surface area contributed by atoms with Crippen LogP contribution in [0.15, 0.2) is 24.3 Å². The van der Waals surface area contributed by atoms with E-state index < -0.39 is 0 Å². The van der Waals surface area contributed by atoms with Gasteiger partial charge in [-0.2, -0.15) is 0 Å². The molecule has 0 aliphatic rings. The zero-order valence-corrected chi connectivity index (χ0v) is 9.29. The molecule has 0 unspecified atom stereocenters. The van der Waals surface area contributed by atoms with Crippen molar-refractivity contribution in [3.8, 4) is 12.3 Å². The summed E-state index contributed by atoms with van der Waals surface area (Å²) in [7, 11) is 1.68. The van der Waals surface area contributed by atoms with Gasteiger partial charge in [-0.05, 0) is 11.6 Å². The van der Waals surface area contributed by atoms with E-state index in [-0.39, 0.29) is 12.3 Å². The number of halogens is 1. The van der Waals surface area contributed by atoms with Crippen LogP contribution in [0.2, 0.25) is 5.02 Å². The Kier molecular flexibility index (Phi) is 4.20. The van der Waals surface area contributed by atoms with Gasteiger partial charge in [0.15, 0.2) is 0 Å². The molecule has 0 heterocycles. The fourth-order valence-electron chi connectivity index (χ4n) is 1.16. The van der Waals surface area contributed by atoms with Crippen molar-refractivity contribution in [3.63, 3.8) is 0 Å². The van der Waals surface area contributed by atoms with Gasteiger partial charge in [0.2, 0.25) is 5.91 Å². The molecule has 0 saturated heterocycles. The van der Waals surface area contributed by atoms with Crippen molar-refractivity contribution in [1.82, 2.24) is 4.90 Å². The second-order valence-electron chi connectivity index (χ2n) is 3.22. The van der Waals surface area contributed by atoms with Crippen LogP contribution in [0, 0.1) is 12.3 Å². The van der Waals surface area contributed by atoms with Crippen LogP contribution in [-0.2, 0) is 11.2 Å². The maximum atomic E-state index is 11.6. The first kappa shape index (κ1) is 11.6. The average Bonchev–Trinajstić information content (AvgIpc) is 2.21. The molecule has 0 saturated carbocycles. The molecule has 0 spiro atoms. The van der Waals surface area contributed by atoms with Crippen LogP contribution in [0.5, 0.6) is 0 Å². The first-order valence-electron chi connectivity index (χ1n) is 4.56. The minimum Gasteiger partial charge on any atom is -0.334 e. The summed E-state index contributed by atoms with van der Waals surface area (Å²) in [6.07, 6.45) is 5.41. The van der Waals surface area contributed by atoms with Gasteiger partial charge in [0.25, 0.3) is 0 Å². The molecular weight excluding hydrogens is 210 g/mol. The van der Waals surface area contributed by atoms with E-state index in [1.165, 1.54) is 4.90 Å². The molecule has 0 N–H and O–H groups in total. The van der Waals surface area contributed by atoms with Gasteiger partial charge in [-0.3, -0.25) is 4.79 Å². The second-order valence-corrected chi connectivity index (χ2v) is 3.63. The summed E-state index contributed by atoms with van der Waals surface area (Å²) < 4.78 is 0. The highest BCUT2D eigenvalue weighted by Gasteiger charge is 2.10. The molecule has 3 heteroatoms. The molecule has 1 aromatic carbocycles. The van der Waals surface area contributed by atoms with E-state index in [4.69, 9.17) is 18.0 Å². The lowest BCUT2D eigenvalue weighted by Crippen LogP contribution is -2.28. The van der Waals surface area contributed by atoms with E-state index in [9.17, 15) is 4.79 Å². The Bertz CT molecular complexity index is 395. The molecule has 0 aromatic heterocycles. The van der Waals surface area contributed by atoms with Crippen molar-refractivity contribution in [2.24, 2.45) is 0 Å².